The second-order valence-electron chi connectivity index (χ2n) is 7.23. The van der Waals surface area contributed by atoms with Gasteiger partial charge in [0.2, 0.25) is 5.88 Å². The van der Waals surface area contributed by atoms with E-state index in [9.17, 15) is 9.18 Å². The van der Waals surface area contributed by atoms with Crippen molar-refractivity contribution in [2.75, 3.05) is 0 Å². The Morgan fingerprint density at radius 2 is 1.93 bits per heavy atom. The summed E-state index contributed by atoms with van der Waals surface area (Å²) in [6.07, 6.45) is 6.78. The van der Waals surface area contributed by atoms with E-state index in [-0.39, 0.29) is 29.5 Å². The summed E-state index contributed by atoms with van der Waals surface area (Å²) in [5.74, 6) is 1.34. The molecule has 0 spiro atoms. The summed E-state index contributed by atoms with van der Waals surface area (Å²) in [6.45, 7) is 0. The monoisotopic (exact) mass is 383 g/mol. The molecule has 144 valence electrons. The third-order valence-corrected chi connectivity index (χ3v) is 5.02. The Morgan fingerprint density at radius 1 is 1.07 bits per heavy atom. The molecule has 2 aliphatic rings. The van der Waals surface area contributed by atoms with Crippen LogP contribution in [-0.2, 0) is 0 Å². The van der Waals surface area contributed by atoms with Crippen LogP contribution in [0.4, 0.5) is 4.39 Å². The molecule has 0 bridgehead atoms. The number of nitrogens with zero attached hydrogens (tertiary/aromatic N) is 2. The van der Waals surface area contributed by atoms with Crippen LogP contribution in [0.15, 0.2) is 46.0 Å². The van der Waals surface area contributed by atoms with E-state index in [2.05, 4.69) is 15.1 Å². The number of aromatic amines is 1. The third kappa shape index (κ3) is 3.49. The predicted molar refractivity (Wildman–Crippen MR) is 96.8 cm³/mol. The first-order valence-corrected chi connectivity index (χ1v) is 9.28. The number of hydrogen-bond donors (Lipinski definition) is 1. The minimum Gasteiger partial charge on any atom is -0.490 e. The van der Waals surface area contributed by atoms with Gasteiger partial charge in [0.25, 0.3) is 5.56 Å². The summed E-state index contributed by atoms with van der Waals surface area (Å²) in [7, 11) is 0. The molecule has 0 atom stereocenters. The summed E-state index contributed by atoms with van der Waals surface area (Å²) in [5, 5.41) is 2.21. The molecule has 2 fully saturated rings. The Balaban J connectivity index is 1.20. The van der Waals surface area contributed by atoms with Crippen molar-refractivity contribution in [2.24, 2.45) is 0 Å². The summed E-state index contributed by atoms with van der Waals surface area (Å²) >= 11 is 0. The number of H-pyrrole nitrogens is 1. The fourth-order valence-corrected chi connectivity index (χ4v) is 3.29. The lowest BCUT2D eigenvalue weighted by Crippen LogP contribution is -2.33. The van der Waals surface area contributed by atoms with E-state index in [0.717, 1.165) is 18.6 Å². The molecule has 2 aliphatic carbocycles. The predicted octanol–water partition coefficient (Wildman–Crippen LogP) is 3.43. The lowest BCUT2D eigenvalue weighted by atomic mass is 9.77. The summed E-state index contributed by atoms with van der Waals surface area (Å²) in [6, 6.07) is 6.28. The fourth-order valence-electron chi connectivity index (χ4n) is 3.29. The Hall–Kier alpha value is -3.16. The van der Waals surface area contributed by atoms with E-state index < -0.39 is 0 Å². The third-order valence-electron chi connectivity index (χ3n) is 5.02. The Bertz CT molecular complexity index is 1040. The zero-order valence-corrected chi connectivity index (χ0v) is 14.9. The van der Waals surface area contributed by atoms with Crippen LogP contribution < -0.4 is 15.0 Å². The van der Waals surface area contributed by atoms with Crippen LogP contribution in [0.5, 0.6) is 11.6 Å². The maximum atomic E-state index is 14.2. The van der Waals surface area contributed by atoms with Crippen LogP contribution in [0, 0.1) is 5.82 Å². The topological polar surface area (TPSA) is 90.2 Å². The molecule has 2 saturated carbocycles. The number of hydrogen-bond acceptors (Lipinski definition) is 6. The van der Waals surface area contributed by atoms with Crippen molar-refractivity contribution in [3.8, 4) is 23.1 Å². The minimum absolute atomic E-state index is 0.0391. The second kappa shape index (κ2) is 6.78. The molecule has 1 aromatic carbocycles. The van der Waals surface area contributed by atoms with Crippen molar-refractivity contribution in [3.63, 3.8) is 0 Å². The average Bonchev–Trinajstić information content (AvgIpc) is 3.38. The molecule has 0 aliphatic heterocycles. The van der Waals surface area contributed by atoms with E-state index in [1.54, 1.807) is 6.07 Å². The van der Waals surface area contributed by atoms with Gasteiger partial charge in [-0.2, -0.15) is 5.16 Å². The van der Waals surface area contributed by atoms with Gasteiger partial charge in [0.15, 0.2) is 5.76 Å². The first kappa shape index (κ1) is 17.0. The summed E-state index contributed by atoms with van der Waals surface area (Å²) in [5.41, 5.74) is 0.783. The van der Waals surface area contributed by atoms with Gasteiger partial charge in [-0.25, -0.2) is 14.4 Å². The molecular weight excluding hydrogens is 365 g/mol. The SMILES string of the molecule is O=c1cc(-c2cnc(OC3CC(c4cc(OC5CC5)ccc4F)C3)cn2)o[nH]1. The van der Waals surface area contributed by atoms with E-state index in [1.807, 2.05) is 6.07 Å². The Morgan fingerprint density at radius 3 is 2.61 bits per heavy atom. The van der Waals surface area contributed by atoms with Gasteiger partial charge in [0.1, 0.15) is 23.4 Å². The lowest BCUT2D eigenvalue weighted by Gasteiger charge is -2.35. The van der Waals surface area contributed by atoms with Crippen molar-refractivity contribution in [1.29, 1.82) is 0 Å². The van der Waals surface area contributed by atoms with Gasteiger partial charge in [-0.3, -0.25) is 4.79 Å². The highest BCUT2D eigenvalue weighted by molar-refractivity contribution is 5.49. The van der Waals surface area contributed by atoms with Crippen LogP contribution >= 0.6 is 0 Å². The molecular formula is C20H18FN3O4. The molecule has 0 radical (unpaired) electrons. The van der Waals surface area contributed by atoms with Gasteiger partial charge in [-0.15, -0.1) is 0 Å². The number of rotatable bonds is 6. The fraction of sp³-hybridized carbons (Fsp3) is 0.350. The first-order chi connectivity index (χ1) is 13.6. The first-order valence-electron chi connectivity index (χ1n) is 9.28. The highest BCUT2D eigenvalue weighted by Crippen LogP contribution is 2.41. The molecule has 5 rings (SSSR count). The van der Waals surface area contributed by atoms with Crippen molar-refractivity contribution < 1.29 is 18.4 Å². The second-order valence-corrected chi connectivity index (χ2v) is 7.23. The van der Waals surface area contributed by atoms with E-state index in [0.29, 0.717) is 35.7 Å². The normalized spacial score (nSPS) is 21.2. The average molecular weight is 383 g/mol. The van der Waals surface area contributed by atoms with Crippen LogP contribution in [0.3, 0.4) is 0 Å². The van der Waals surface area contributed by atoms with Gasteiger partial charge in [0.05, 0.1) is 24.6 Å². The van der Waals surface area contributed by atoms with E-state index in [4.69, 9.17) is 14.0 Å². The zero-order valence-electron chi connectivity index (χ0n) is 14.9. The van der Waals surface area contributed by atoms with Crippen molar-refractivity contribution in [3.05, 3.63) is 58.4 Å². The van der Waals surface area contributed by atoms with Crippen molar-refractivity contribution in [2.45, 2.75) is 43.8 Å². The number of ether oxygens (including phenoxy) is 2. The summed E-state index contributed by atoms with van der Waals surface area (Å²) in [4.78, 5) is 19.5. The molecule has 7 nitrogen and oxygen atoms in total. The molecule has 3 aromatic rings. The molecule has 28 heavy (non-hydrogen) atoms. The highest BCUT2D eigenvalue weighted by Gasteiger charge is 2.34. The van der Waals surface area contributed by atoms with Crippen molar-refractivity contribution in [1.82, 2.24) is 15.1 Å². The standard InChI is InChI=1S/C20H18FN3O4/c21-16-4-3-13(26-12-1-2-12)7-15(16)11-5-14(6-11)27-20-10-22-17(9-23-20)18-8-19(25)24-28-18/h3-4,7-12,14H,1-2,5-6H2,(H,24,25). The molecule has 0 saturated heterocycles. The lowest BCUT2D eigenvalue weighted by molar-refractivity contribution is 0.0917. The van der Waals surface area contributed by atoms with Crippen LogP contribution in [0.1, 0.15) is 37.2 Å². The molecule has 1 N–H and O–H groups in total. The van der Waals surface area contributed by atoms with Crippen LogP contribution in [0.25, 0.3) is 11.5 Å². The highest BCUT2D eigenvalue weighted by atomic mass is 19.1. The molecule has 8 heteroatoms. The van der Waals surface area contributed by atoms with Gasteiger partial charge in [-0.1, -0.05) is 0 Å². The number of aromatic nitrogens is 3. The van der Waals surface area contributed by atoms with Crippen LogP contribution in [0.2, 0.25) is 0 Å². The Labute approximate surface area is 159 Å². The molecule has 2 aromatic heterocycles. The quantitative estimate of drug-likeness (QED) is 0.701. The maximum absolute atomic E-state index is 14.2. The van der Waals surface area contributed by atoms with Gasteiger partial charge in [0, 0.05) is 0 Å². The zero-order chi connectivity index (χ0) is 19.1. The van der Waals surface area contributed by atoms with E-state index in [1.165, 1.54) is 24.5 Å². The van der Waals surface area contributed by atoms with Crippen molar-refractivity contribution >= 4 is 0 Å². The van der Waals surface area contributed by atoms with Gasteiger partial charge < -0.3 is 14.0 Å². The van der Waals surface area contributed by atoms with Crippen LogP contribution in [-0.4, -0.2) is 27.3 Å². The maximum Gasteiger partial charge on any atom is 0.280 e. The van der Waals surface area contributed by atoms with E-state index >= 15 is 0 Å². The largest absolute Gasteiger partial charge is 0.490 e. The summed E-state index contributed by atoms with van der Waals surface area (Å²) < 4.78 is 30.8. The number of halogens is 1. The minimum atomic E-state index is -0.337. The number of benzene rings is 1. The number of nitrogens with one attached hydrogen (secondary N) is 1. The van der Waals surface area contributed by atoms with Gasteiger partial charge in [-0.05, 0) is 55.4 Å². The molecule has 2 heterocycles. The smallest absolute Gasteiger partial charge is 0.280 e. The van der Waals surface area contributed by atoms with Gasteiger partial charge >= 0.3 is 0 Å². The Kier molecular flexibility index (Phi) is 4.11. The molecule has 0 unspecified atom stereocenters. The molecule has 0 amide bonds.